The first-order chi connectivity index (χ1) is 23.7. The number of anilines is 1. The highest BCUT2D eigenvalue weighted by Gasteiger charge is 2.37. The minimum atomic E-state index is -0.481. The molecule has 268 valence electrons. The average Bonchev–Trinajstić information content (AvgIpc) is 3.76. The van der Waals surface area contributed by atoms with Crippen LogP contribution in [-0.4, -0.2) is 42.7 Å². The van der Waals surface area contributed by atoms with E-state index in [4.69, 9.17) is 5.73 Å². The SMILES string of the molecule is CC(C)(C)[C@H](CC(=O)[C@@H](N)C1CCCCC1)C(=O)Nc1snnc1-c1ccccc1.C[C@H](C(=O)Cc1snnc1-c1ccccc1)C(C)(C)C. The topological polar surface area (TPSA) is 141 Å². The molecule has 4 aromatic rings. The number of nitrogens with zero attached hydrogens (tertiary/aromatic N) is 4. The van der Waals surface area contributed by atoms with Crippen molar-refractivity contribution in [1.29, 1.82) is 0 Å². The number of benzene rings is 2. The second-order valence-corrected chi connectivity index (χ2v) is 17.1. The number of ketones is 2. The summed E-state index contributed by atoms with van der Waals surface area (Å²) in [6, 6.07) is 19.1. The third kappa shape index (κ3) is 10.7. The molecule has 1 aliphatic carbocycles. The van der Waals surface area contributed by atoms with Gasteiger partial charge in [-0.3, -0.25) is 14.4 Å². The molecule has 0 aliphatic heterocycles. The first-order valence-corrected chi connectivity index (χ1v) is 19.1. The first-order valence-electron chi connectivity index (χ1n) is 17.5. The third-order valence-corrected chi connectivity index (χ3v) is 11.2. The zero-order chi connectivity index (χ0) is 36.5. The van der Waals surface area contributed by atoms with E-state index in [1.165, 1.54) is 18.0 Å². The van der Waals surface area contributed by atoms with Gasteiger partial charge >= 0.3 is 0 Å². The molecule has 1 fully saturated rings. The van der Waals surface area contributed by atoms with E-state index in [9.17, 15) is 14.4 Å². The Kier molecular flexibility index (Phi) is 13.7. The van der Waals surface area contributed by atoms with Crippen molar-refractivity contribution in [2.24, 2.45) is 34.3 Å². The Morgan fingerprint density at radius 1 is 0.780 bits per heavy atom. The van der Waals surface area contributed by atoms with E-state index in [2.05, 4.69) is 45.3 Å². The van der Waals surface area contributed by atoms with E-state index in [1.54, 1.807) is 0 Å². The molecule has 1 saturated carbocycles. The lowest BCUT2D eigenvalue weighted by Gasteiger charge is -2.32. The van der Waals surface area contributed by atoms with Crippen LogP contribution in [0.3, 0.4) is 0 Å². The molecule has 2 aromatic heterocycles. The second kappa shape index (κ2) is 17.5. The maximum Gasteiger partial charge on any atom is 0.229 e. The van der Waals surface area contributed by atoms with Crippen LogP contribution < -0.4 is 11.1 Å². The molecule has 1 amide bonds. The summed E-state index contributed by atoms with van der Waals surface area (Å²) in [5, 5.41) is 11.9. The monoisotopic (exact) mass is 716 g/mol. The van der Waals surface area contributed by atoms with Gasteiger partial charge in [-0.15, -0.1) is 10.2 Å². The van der Waals surface area contributed by atoms with Crippen molar-refractivity contribution >= 4 is 45.5 Å². The fourth-order valence-electron chi connectivity index (χ4n) is 6.08. The molecule has 0 unspecified atom stereocenters. The first kappa shape index (κ1) is 39.1. The summed E-state index contributed by atoms with van der Waals surface area (Å²) in [6.45, 7) is 14.2. The van der Waals surface area contributed by atoms with E-state index >= 15 is 0 Å². The Balaban J connectivity index is 0.000000244. The highest BCUT2D eigenvalue weighted by atomic mass is 32.1. The third-order valence-electron chi connectivity index (χ3n) is 9.79. The highest BCUT2D eigenvalue weighted by Crippen LogP contribution is 2.35. The molecule has 50 heavy (non-hydrogen) atoms. The van der Waals surface area contributed by atoms with Crippen molar-refractivity contribution in [3.8, 4) is 22.5 Å². The van der Waals surface area contributed by atoms with Gasteiger partial charge in [0, 0.05) is 41.4 Å². The molecule has 0 spiro atoms. The second-order valence-electron chi connectivity index (χ2n) is 15.5. The molecule has 5 rings (SSSR count). The van der Waals surface area contributed by atoms with Crippen molar-refractivity contribution in [1.82, 2.24) is 19.2 Å². The Morgan fingerprint density at radius 3 is 1.88 bits per heavy atom. The van der Waals surface area contributed by atoms with Crippen LogP contribution in [0.25, 0.3) is 22.5 Å². The zero-order valence-electron chi connectivity index (χ0n) is 30.4. The van der Waals surface area contributed by atoms with Gasteiger partial charge in [0.2, 0.25) is 5.91 Å². The number of nitrogens with one attached hydrogen (secondary N) is 1. The van der Waals surface area contributed by atoms with Crippen molar-refractivity contribution in [2.75, 3.05) is 5.32 Å². The van der Waals surface area contributed by atoms with Gasteiger partial charge in [0.15, 0.2) is 5.78 Å². The summed E-state index contributed by atoms with van der Waals surface area (Å²) in [6.07, 6.45) is 6.07. The normalized spacial score (nSPS) is 15.7. The summed E-state index contributed by atoms with van der Waals surface area (Å²) in [4.78, 5) is 39.5. The fraction of sp³-hybridized carbons (Fsp3) is 0.513. The molecule has 3 N–H and O–H groups in total. The van der Waals surface area contributed by atoms with E-state index in [-0.39, 0.29) is 46.6 Å². The van der Waals surface area contributed by atoms with Crippen LogP contribution >= 0.6 is 23.1 Å². The molecule has 2 aromatic carbocycles. The van der Waals surface area contributed by atoms with Crippen LogP contribution in [-0.2, 0) is 20.8 Å². The van der Waals surface area contributed by atoms with Crippen molar-refractivity contribution in [3.05, 3.63) is 65.5 Å². The number of carbonyl (C=O) groups excluding carboxylic acids is 3. The quantitative estimate of drug-likeness (QED) is 0.157. The smallest absolute Gasteiger partial charge is 0.229 e. The number of hydrogen-bond donors (Lipinski definition) is 2. The van der Waals surface area contributed by atoms with E-state index in [1.807, 2.05) is 88.4 Å². The van der Waals surface area contributed by atoms with Crippen LogP contribution in [0, 0.1) is 28.6 Å². The maximum atomic E-state index is 13.2. The molecule has 0 bridgehead atoms. The van der Waals surface area contributed by atoms with Gasteiger partial charge in [-0.2, -0.15) is 0 Å². The van der Waals surface area contributed by atoms with Crippen LogP contribution in [0.2, 0.25) is 0 Å². The van der Waals surface area contributed by atoms with Gasteiger partial charge in [-0.1, -0.05) is 137 Å². The molecule has 0 radical (unpaired) electrons. The number of aromatic nitrogens is 4. The summed E-state index contributed by atoms with van der Waals surface area (Å²) >= 11 is 2.46. The summed E-state index contributed by atoms with van der Waals surface area (Å²) < 4.78 is 8.03. The average molecular weight is 717 g/mol. The lowest BCUT2D eigenvalue weighted by molar-refractivity contribution is -0.130. The number of nitrogens with two attached hydrogens (primary N) is 1. The predicted octanol–water partition coefficient (Wildman–Crippen LogP) is 8.67. The summed E-state index contributed by atoms with van der Waals surface area (Å²) in [7, 11) is 0. The Labute approximate surface area is 305 Å². The molecular formula is C39H52N6O3S2. The minimum absolute atomic E-state index is 0.0114. The van der Waals surface area contributed by atoms with Gasteiger partial charge in [0.05, 0.1) is 16.8 Å². The van der Waals surface area contributed by atoms with E-state index in [0.717, 1.165) is 58.9 Å². The molecule has 9 nitrogen and oxygen atoms in total. The number of Topliss-reactive ketones (excluding diaryl/α,β-unsaturated/α-hetero) is 2. The molecule has 11 heteroatoms. The van der Waals surface area contributed by atoms with Gasteiger partial charge in [0.25, 0.3) is 0 Å². The summed E-state index contributed by atoms with van der Waals surface area (Å²) in [5.41, 5.74) is 9.33. The Bertz CT molecular complexity index is 1690. The van der Waals surface area contributed by atoms with Crippen molar-refractivity contribution in [2.45, 2.75) is 99.5 Å². The van der Waals surface area contributed by atoms with Crippen LogP contribution in [0.5, 0.6) is 0 Å². The van der Waals surface area contributed by atoms with Crippen molar-refractivity contribution in [3.63, 3.8) is 0 Å². The Hall–Kier alpha value is -3.67. The predicted molar refractivity (Wildman–Crippen MR) is 204 cm³/mol. The summed E-state index contributed by atoms with van der Waals surface area (Å²) in [5.74, 6) is -0.165. The minimum Gasteiger partial charge on any atom is -0.321 e. The molecule has 2 heterocycles. The molecule has 0 saturated heterocycles. The van der Waals surface area contributed by atoms with E-state index < -0.39 is 12.0 Å². The maximum absolute atomic E-state index is 13.2. The molecular weight excluding hydrogens is 665 g/mol. The van der Waals surface area contributed by atoms with Gasteiger partial charge in [-0.25, -0.2) is 0 Å². The zero-order valence-corrected chi connectivity index (χ0v) is 32.1. The van der Waals surface area contributed by atoms with Crippen molar-refractivity contribution < 1.29 is 14.4 Å². The highest BCUT2D eigenvalue weighted by molar-refractivity contribution is 7.10. The van der Waals surface area contributed by atoms with Gasteiger partial charge in [-0.05, 0) is 41.1 Å². The Morgan fingerprint density at radius 2 is 1.32 bits per heavy atom. The lowest BCUT2D eigenvalue weighted by Crippen LogP contribution is -2.43. The van der Waals surface area contributed by atoms with Crippen LogP contribution in [0.15, 0.2) is 60.7 Å². The van der Waals surface area contributed by atoms with Crippen LogP contribution in [0.1, 0.15) is 91.9 Å². The number of hydrogen-bond acceptors (Lipinski definition) is 10. The standard InChI is InChI=1S/C23H32N4O2S.C16H20N2OS/c1-23(2,3)17(14-18(28)19(24)15-10-6-4-7-11-15)21(29)25-22-20(26-27-30-22)16-12-8-5-9-13-16;1-11(16(2,3)4)13(19)10-14-15(17-18-20-14)12-8-6-5-7-9-12/h5,8-9,12-13,15,17,19H,4,6-7,10-11,14,24H2,1-3H3,(H,25,29);5-9,11H,10H2,1-4H3/t17-,19+;11-/m11/s1. The lowest BCUT2D eigenvalue weighted by atomic mass is 9.74. The van der Waals surface area contributed by atoms with Crippen LogP contribution in [0.4, 0.5) is 5.00 Å². The molecule has 3 atom stereocenters. The fourth-order valence-corrected chi connectivity index (χ4v) is 7.35. The number of amides is 1. The van der Waals surface area contributed by atoms with Gasteiger partial charge < -0.3 is 11.1 Å². The number of carbonyl (C=O) groups is 3. The van der Waals surface area contributed by atoms with Gasteiger partial charge in [0.1, 0.15) is 22.2 Å². The van der Waals surface area contributed by atoms with E-state index in [0.29, 0.717) is 17.1 Å². The molecule has 1 aliphatic rings. The number of rotatable bonds is 11. The largest absolute Gasteiger partial charge is 0.321 e.